The molecule has 0 rings (SSSR count). The van der Waals surface area contributed by atoms with Crippen LogP contribution in [0.1, 0.15) is 0 Å². The molecule has 0 radical (unpaired) electrons. The van der Waals surface area contributed by atoms with Crippen molar-refractivity contribution in [2.75, 3.05) is 0 Å². The van der Waals surface area contributed by atoms with Gasteiger partial charge in [0.2, 0.25) is 0 Å². The van der Waals surface area contributed by atoms with Crippen molar-refractivity contribution >= 4 is 32.9 Å². The third kappa shape index (κ3) is 26.0. The number of hydrogen-bond acceptors (Lipinski definition) is 0. The second-order valence-electron chi connectivity index (χ2n) is 2.39. The van der Waals surface area contributed by atoms with Crippen LogP contribution in [-0.4, -0.2) is 8.07 Å². The Labute approximate surface area is 105 Å². The molecule has 0 atom stereocenters. The van der Waals surface area contributed by atoms with Crippen LogP contribution in [0.2, 0.25) is 19.6 Å². The second kappa shape index (κ2) is 9.73. The Morgan fingerprint density at radius 1 is 1.11 bits per heavy atom. The molecular formula is C5H12CeCl2Si. The third-order valence-corrected chi connectivity index (χ3v) is 1.30. The van der Waals surface area contributed by atoms with Crippen LogP contribution in [-0.2, 0) is 0 Å². The van der Waals surface area contributed by atoms with E-state index in [0.717, 1.165) is 0 Å². The molecular weight excluding hydrogens is 299 g/mol. The van der Waals surface area contributed by atoms with Gasteiger partial charge >= 0.3 is 0 Å². The summed E-state index contributed by atoms with van der Waals surface area (Å²) in [6.07, 6.45) is 5.12. The quantitative estimate of drug-likeness (QED) is 0.476. The molecule has 0 aromatic rings. The van der Waals surface area contributed by atoms with E-state index < -0.39 is 8.07 Å². The van der Waals surface area contributed by atoms with Gasteiger partial charge in [-0.3, -0.25) is 0 Å². The summed E-state index contributed by atoms with van der Waals surface area (Å²) in [4.78, 5) is 0. The van der Waals surface area contributed by atoms with Crippen LogP contribution in [0.15, 0.2) is 0 Å². The Hall–Kier alpha value is 1.73. The van der Waals surface area contributed by atoms with E-state index in [1.807, 2.05) is 0 Å². The third-order valence-electron chi connectivity index (χ3n) is 0.433. The summed E-state index contributed by atoms with van der Waals surface area (Å²) < 4.78 is 0. The Bertz CT molecular complexity index is 81.9. The van der Waals surface area contributed by atoms with Crippen molar-refractivity contribution < 1.29 is 41.7 Å². The summed E-state index contributed by atoms with van der Waals surface area (Å²) >= 11 is 0. The van der Waals surface area contributed by atoms with Gasteiger partial charge in [-0.15, -0.1) is 36.8 Å². The first-order chi connectivity index (χ1) is 2.56. The normalized spacial score (nSPS) is 6.89. The smallest absolute Gasteiger partial charge is 0.128 e. The van der Waals surface area contributed by atoms with Crippen LogP contribution in [0, 0.1) is 53.7 Å². The fraction of sp³-hybridized carbons (Fsp3) is 0.600. The van der Waals surface area contributed by atoms with Gasteiger partial charge in [0.1, 0.15) is 8.07 Å². The molecule has 0 saturated heterocycles. The molecule has 0 amide bonds. The molecule has 0 unspecified atom stereocenters. The molecule has 0 aliphatic carbocycles. The van der Waals surface area contributed by atoms with Crippen molar-refractivity contribution in [1.29, 1.82) is 0 Å². The van der Waals surface area contributed by atoms with E-state index in [9.17, 15) is 0 Å². The fourth-order valence-electron chi connectivity index (χ4n) is 0. The van der Waals surface area contributed by atoms with Gasteiger partial charge in [0, 0.05) is 41.7 Å². The Morgan fingerprint density at radius 2 is 1.22 bits per heavy atom. The van der Waals surface area contributed by atoms with E-state index in [1.165, 1.54) is 0 Å². The minimum Gasteiger partial charge on any atom is -0.147 e. The van der Waals surface area contributed by atoms with E-state index >= 15 is 0 Å². The molecule has 0 aliphatic heterocycles. The maximum absolute atomic E-state index is 5.12. The molecule has 0 nitrogen and oxygen atoms in total. The molecule has 0 aliphatic rings. The number of halogens is 2. The predicted molar refractivity (Wildman–Crippen MR) is 46.7 cm³/mol. The first-order valence-electron chi connectivity index (χ1n) is 2.04. The van der Waals surface area contributed by atoms with Crippen LogP contribution in [0.25, 0.3) is 0 Å². The molecule has 54 valence electrons. The topological polar surface area (TPSA) is 0 Å². The van der Waals surface area contributed by atoms with Crippen molar-refractivity contribution in [3.05, 3.63) is 0 Å². The number of rotatable bonds is 0. The monoisotopic (exact) mass is 310 g/mol. The summed E-state index contributed by atoms with van der Waals surface area (Å²) in [6, 6.07) is 0. The van der Waals surface area contributed by atoms with Crippen molar-refractivity contribution in [2.24, 2.45) is 0 Å². The van der Waals surface area contributed by atoms with Crippen molar-refractivity contribution in [1.82, 2.24) is 0 Å². The average Bonchev–Trinajstić information content (AvgIpc) is 1.35. The second-order valence-corrected chi connectivity index (χ2v) is 7.18. The summed E-state index contributed by atoms with van der Waals surface area (Å²) in [7, 11) is -1.10. The molecule has 0 N–H and O–H groups in total. The summed E-state index contributed by atoms with van der Waals surface area (Å²) in [5.41, 5.74) is 2.74. The Morgan fingerprint density at radius 3 is 1.22 bits per heavy atom. The summed E-state index contributed by atoms with van der Waals surface area (Å²) in [5.74, 6) is 0. The van der Waals surface area contributed by atoms with Crippen LogP contribution in [0.5, 0.6) is 0 Å². The molecule has 4 heteroatoms. The minimum absolute atomic E-state index is 0. The van der Waals surface area contributed by atoms with Crippen molar-refractivity contribution in [3.63, 3.8) is 0 Å². The largest absolute Gasteiger partial charge is 0.147 e. The zero-order valence-corrected chi connectivity index (χ0v) is 11.7. The van der Waals surface area contributed by atoms with Crippen molar-refractivity contribution in [3.8, 4) is 12.0 Å². The number of hydrogen-bond donors (Lipinski definition) is 0. The number of terminal acetylenes is 1. The minimum atomic E-state index is -1.10. The van der Waals surface area contributed by atoms with Crippen LogP contribution in [0.4, 0.5) is 0 Å². The summed E-state index contributed by atoms with van der Waals surface area (Å²) in [5, 5.41) is 0. The van der Waals surface area contributed by atoms with Gasteiger partial charge in [-0.25, -0.2) is 0 Å². The van der Waals surface area contributed by atoms with Crippen LogP contribution < -0.4 is 0 Å². The van der Waals surface area contributed by atoms with Gasteiger partial charge in [-0.1, -0.05) is 19.6 Å². The first kappa shape index (κ1) is 22.4. The summed E-state index contributed by atoms with van der Waals surface area (Å²) in [6.45, 7) is 6.44. The van der Waals surface area contributed by atoms with Gasteiger partial charge in [-0.05, 0) is 0 Å². The van der Waals surface area contributed by atoms with E-state index in [0.29, 0.717) is 0 Å². The molecule has 0 saturated carbocycles. The van der Waals surface area contributed by atoms with Gasteiger partial charge < -0.3 is 0 Å². The predicted octanol–water partition coefficient (Wildman–Crippen LogP) is 2.34. The SMILES string of the molecule is C#C[Si](C)(C)C.Cl.Cl.[Ce]. The fourth-order valence-corrected chi connectivity index (χ4v) is 0. The van der Waals surface area contributed by atoms with E-state index in [4.69, 9.17) is 6.42 Å². The maximum Gasteiger partial charge on any atom is 0.128 e. The van der Waals surface area contributed by atoms with Crippen LogP contribution >= 0.6 is 24.8 Å². The zero-order valence-electron chi connectivity index (χ0n) is 5.89. The van der Waals surface area contributed by atoms with Crippen molar-refractivity contribution in [2.45, 2.75) is 19.6 Å². The van der Waals surface area contributed by atoms with Gasteiger partial charge in [0.25, 0.3) is 0 Å². The zero-order chi connectivity index (χ0) is 5.21. The molecule has 0 bridgehead atoms. The molecule has 0 spiro atoms. The average molecular weight is 311 g/mol. The van der Waals surface area contributed by atoms with E-state index in [1.54, 1.807) is 0 Å². The molecule has 9 heavy (non-hydrogen) atoms. The molecule has 0 aromatic heterocycles. The maximum atomic E-state index is 5.12. The Balaban J connectivity index is -0.0000000417. The molecule has 0 heterocycles. The van der Waals surface area contributed by atoms with E-state index in [2.05, 4.69) is 25.2 Å². The van der Waals surface area contributed by atoms with Gasteiger partial charge in [0.05, 0.1) is 0 Å². The molecule has 0 aromatic carbocycles. The van der Waals surface area contributed by atoms with E-state index in [-0.39, 0.29) is 66.6 Å². The Kier molecular flexibility index (Phi) is 24.3. The first-order valence-corrected chi connectivity index (χ1v) is 5.54. The van der Waals surface area contributed by atoms with Gasteiger partial charge in [0.15, 0.2) is 0 Å². The standard InChI is InChI=1S/C5H10Si.Ce.2ClH/c1-5-6(2,3)4;;;/h1H,2-4H3;;2*1H. The van der Waals surface area contributed by atoms with Crippen LogP contribution in [0.3, 0.4) is 0 Å². The molecule has 0 fully saturated rings. The van der Waals surface area contributed by atoms with Gasteiger partial charge in [-0.2, -0.15) is 0 Å².